The summed E-state index contributed by atoms with van der Waals surface area (Å²) in [5.41, 5.74) is 6.94. The number of rotatable bonds is 1. The molecular weight excluding hydrogens is 314 g/mol. The zero-order valence-corrected chi connectivity index (χ0v) is 16.7. The van der Waals surface area contributed by atoms with Gasteiger partial charge in [-0.05, 0) is 103 Å². The molecule has 0 N–H and O–H groups in total. The van der Waals surface area contributed by atoms with Crippen molar-refractivity contribution in [3.63, 3.8) is 0 Å². The molecule has 0 aliphatic heterocycles. The Morgan fingerprint density at radius 1 is 0.962 bits per heavy atom. The highest BCUT2D eigenvalue weighted by molar-refractivity contribution is 5.72. The normalized spacial score (nSPS) is 41.6. The van der Waals surface area contributed by atoms with Crippen molar-refractivity contribution in [3.8, 4) is 0 Å². The maximum absolute atomic E-state index is 4.49. The number of hydrogen-bond acceptors (Lipinski definition) is 1. The van der Waals surface area contributed by atoms with Crippen LogP contribution in [0, 0.1) is 35.5 Å². The fourth-order valence-corrected chi connectivity index (χ4v) is 7.42. The van der Waals surface area contributed by atoms with Crippen molar-refractivity contribution >= 4 is 5.57 Å². The molecule has 0 aromatic carbocycles. The number of hydrogen-bond donors (Lipinski definition) is 0. The molecule has 5 atom stereocenters. The van der Waals surface area contributed by atoms with Gasteiger partial charge in [0.2, 0.25) is 0 Å². The molecule has 0 amide bonds. The van der Waals surface area contributed by atoms with Crippen LogP contribution >= 0.6 is 0 Å². The van der Waals surface area contributed by atoms with E-state index in [1.165, 1.54) is 62.5 Å². The summed E-state index contributed by atoms with van der Waals surface area (Å²) in [7, 11) is 0. The van der Waals surface area contributed by atoms with Crippen LogP contribution in [-0.4, -0.2) is 4.98 Å². The first-order chi connectivity index (χ1) is 12.5. The largest absolute Gasteiger partial charge is 0.264 e. The zero-order chi connectivity index (χ0) is 17.9. The Labute approximate surface area is 159 Å². The maximum Gasteiger partial charge on any atom is 0.0343 e. The van der Waals surface area contributed by atoms with Gasteiger partial charge in [-0.15, -0.1) is 0 Å². The summed E-state index contributed by atoms with van der Waals surface area (Å²) in [6.45, 7) is 7.35. The van der Waals surface area contributed by atoms with E-state index in [1.54, 1.807) is 5.57 Å². The van der Waals surface area contributed by atoms with E-state index in [2.05, 4.69) is 50.2 Å². The Bertz CT molecular complexity index is 787. The third-order valence-electron chi connectivity index (χ3n) is 8.78. The van der Waals surface area contributed by atoms with E-state index < -0.39 is 0 Å². The molecule has 4 aliphatic carbocycles. The molecule has 1 nitrogen and oxygen atoms in total. The molecule has 26 heavy (non-hydrogen) atoms. The van der Waals surface area contributed by atoms with Gasteiger partial charge in [-0.3, -0.25) is 4.98 Å². The van der Waals surface area contributed by atoms with Gasteiger partial charge in [0.1, 0.15) is 0 Å². The number of pyridine rings is 1. The van der Waals surface area contributed by atoms with Crippen molar-refractivity contribution in [2.45, 2.75) is 72.1 Å². The third kappa shape index (κ3) is 2.25. The van der Waals surface area contributed by atoms with E-state index in [9.17, 15) is 0 Å². The van der Waals surface area contributed by atoms with Crippen LogP contribution in [0.25, 0.3) is 5.57 Å². The van der Waals surface area contributed by atoms with E-state index in [0.29, 0.717) is 10.8 Å². The van der Waals surface area contributed by atoms with E-state index in [4.69, 9.17) is 0 Å². The monoisotopic (exact) mass is 347 g/mol. The highest BCUT2D eigenvalue weighted by Gasteiger charge is 2.56. The van der Waals surface area contributed by atoms with Gasteiger partial charge in [-0.1, -0.05) is 38.0 Å². The van der Waals surface area contributed by atoms with Gasteiger partial charge in [-0.25, -0.2) is 0 Å². The summed E-state index contributed by atoms with van der Waals surface area (Å²) in [6, 6.07) is 2.35. The van der Waals surface area contributed by atoms with Crippen molar-refractivity contribution < 1.29 is 0 Å². The number of fused-ring (bicyclic) bond motifs is 5. The number of aryl methyl sites for hydroxylation is 1. The van der Waals surface area contributed by atoms with Crippen molar-refractivity contribution in [3.05, 3.63) is 47.3 Å². The summed E-state index contributed by atoms with van der Waals surface area (Å²) in [5, 5.41) is 0. The SMILES string of the molecule is Cc1cncc(C2=CCC3C4CC=C5CCCC[C@]5(C)C4CC[C@]23C)c1. The second kappa shape index (κ2) is 5.81. The van der Waals surface area contributed by atoms with Crippen LogP contribution in [0.5, 0.6) is 0 Å². The fourth-order valence-electron chi connectivity index (χ4n) is 7.42. The van der Waals surface area contributed by atoms with Gasteiger partial charge >= 0.3 is 0 Å². The molecule has 1 heterocycles. The Morgan fingerprint density at radius 3 is 2.69 bits per heavy atom. The zero-order valence-electron chi connectivity index (χ0n) is 16.7. The summed E-state index contributed by atoms with van der Waals surface area (Å²) in [5.74, 6) is 2.63. The van der Waals surface area contributed by atoms with E-state index in [1.807, 2.05) is 11.8 Å². The Hall–Kier alpha value is -1.37. The molecule has 2 fully saturated rings. The first-order valence-corrected chi connectivity index (χ1v) is 10.8. The van der Waals surface area contributed by atoms with Crippen molar-refractivity contribution in [1.29, 1.82) is 0 Å². The van der Waals surface area contributed by atoms with Gasteiger partial charge < -0.3 is 0 Å². The minimum absolute atomic E-state index is 0.354. The smallest absolute Gasteiger partial charge is 0.0343 e. The quantitative estimate of drug-likeness (QED) is 0.513. The molecule has 0 bridgehead atoms. The van der Waals surface area contributed by atoms with Gasteiger partial charge in [0.05, 0.1) is 0 Å². The van der Waals surface area contributed by atoms with Crippen LogP contribution < -0.4 is 0 Å². The van der Waals surface area contributed by atoms with Crippen molar-refractivity contribution in [2.75, 3.05) is 0 Å². The predicted molar refractivity (Wildman–Crippen MR) is 109 cm³/mol. The Balaban J connectivity index is 1.49. The van der Waals surface area contributed by atoms with E-state index in [-0.39, 0.29) is 0 Å². The Kier molecular flexibility index (Phi) is 3.75. The summed E-state index contributed by atoms with van der Waals surface area (Å²) in [6.07, 6.45) is 20.4. The lowest BCUT2D eigenvalue weighted by Crippen LogP contribution is -2.48. The second-order valence-electron chi connectivity index (χ2n) is 10.0. The lowest BCUT2D eigenvalue weighted by atomic mass is 9.47. The maximum atomic E-state index is 4.49. The lowest BCUT2D eigenvalue weighted by molar-refractivity contribution is -0.00980. The first kappa shape index (κ1) is 16.8. The lowest BCUT2D eigenvalue weighted by Gasteiger charge is -2.57. The molecule has 0 spiro atoms. The molecule has 1 aromatic heterocycles. The van der Waals surface area contributed by atoms with Crippen molar-refractivity contribution in [1.82, 2.24) is 4.98 Å². The van der Waals surface area contributed by atoms with E-state index >= 15 is 0 Å². The van der Waals surface area contributed by atoms with Crippen LogP contribution in [0.1, 0.15) is 76.3 Å². The highest BCUT2D eigenvalue weighted by Crippen LogP contribution is 2.66. The van der Waals surface area contributed by atoms with Gasteiger partial charge in [-0.2, -0.15) is 0 Å². The van der Waals surface area contributed by atoms with E-state index in [0.717, 1.165) is 17.8 Å². The number of nitrogens with zero attached hydrogens (tertiary/aromatic N) is 1. The highest BCUT2D eigenvalue weighted by atomic mass is 14.6. The van der Waals surface area contributed by atoms with Crippen LogP contribution in [0.4, 0.5) is 0 Å². The Morgan fingerprint density at radius 2 is 1.85 bits per heavy atom. The second-order valence-corrected chi connectivity index (χ2v) is 10.0. The minimum atomic E-state index is 0.354. The molecule has 3 unspecified atom stereocenters. The van der Waals surface area contributed by atoms with Crippen LogP contribution in [-0.2, 0) is 0 Å². The molecule has 1 aromatic rings. The molecule has 138 valence electrons. The predicted octanol–water partition coefficient (Wildman–Crippen LogP) is 6.74. The van der Waals surface area contributed by atoms with Gasteiger partial charge in [0.25, 0.3) is 0 Å². The van der Waals surface area contributed by atoms with Crippen LogP contribution in [0.2, 0.25) is 0 Å². The van der Waals surface area contributed by atoms with Gasteiger partial charge in [0.15, 0.2) is 0 Å². The first-order valence-electron chi connectivity index (χ1n) is 10.8. The average Bonchev–Trinajstić information content (AvgIpc) is 2.98. The van der Waals surface area contributed by atoms with Crippen molar-refractivity contribution in [2.24, 2.45) is 28.6 Å². The summed E-state index contributed by atoms with van der Waals surface area (Å²) in [4.78, 5) is 4.49. The molecule has 1 heteroatoms. The molecular formula is C25H33N. The fraction of sp³-hybridized carbons (Fsp3) is 0.640. The average molecular weight is 348 g/mol. The van der Waals surface area contributed by atoms with Crippen LogP contribution in [0.3, 0.4) is 0 Å². The number of aromatic nitrogens is 1. The molecule has 2 saturated carbocycles. The van der Waals surface area contributed by atoms with Gasteiger partial charge in [0, 0.05) is 12.4 Å². The standard InChI is InChI=1S/C25H33N/c1-17-14-18(16-26-15-17)21-9-10-22-20-8-7-19-6-4-5-12-24(19,2)23(20)11-13-25(21,22)3/h7,9,14-16,20,22-23H,4-6,8,10-13H2,1-3H3/t20?,22?,23?,24-,25+/m0/s1. The third-order valence-corrected chi connectivity index (χ3v) is 8.78. The number of allylic oxidation sites excluding steroid dienone is 4. The van der Waals surface area contributed by atoms with Crippen LogP contribution in [0.15, 0.2) is 36.2 Å². The topological polar surface area (TPSA) is 12.9 Å². The minimum Gasteiger partial charge on any atom is -0.264 e. The molecule has 0 saturated heterocycles. The molecule has 5 rings (SSSR count). The summed E-state index contributed by atoms with van der Waals surface area (Å²) >= 11 is 0. The molecule has 0 radical (unpaired) electrons. The summed E-state index contributed by atoms with van der Waals surface area (Å²) < 4.78 is 0. The molecule has 4 aliphatic rings.